The van der Waals surface area contributed by atoms with Gasteiger partial charge in [0.25, 0.3) is 0 Å². The molecule has 0 bridgehead atoms. The maximum absolute atomic E-state index is 6.28. The van der Waals surface area contributed by atoms with E-state index in [0.717, 1.165) is 16.7 Å². The SMILES string of the molecule is Cc1ccc(Cl)c(OP(Oc2cc(C)ccc2Cl)Oc2cc(C)ccc2Cl)c1. The van der Waals surface area contributed by atoms with Crippen LogP contribution in [0.25, 0.3) is 0 Å². The second kappa shape index (κ2) is 9.24. The molecule has 0 aliphatic carbocycles. The highest BCUT2D eigenvalue weighted by atomic mass is 35.5. The van der Waals surface area contributed by atoms with Gasteiger partial charge in [-0.2, -0.15) is 0 Å². The van der Waals surface area contributed by atoms with Gasteiger partial charge in [-0.15, -0.1) is 0 Å². The maximum Gasteiger partial charge on any atom is 0.530 e. The van der Waals surface area contributed by atoms with E-state index in [-0.39, 0.29) is 0 Å². The lowest BCUT2D eigenvalue weighted by atomic mass is 10.2. The minimum absolute atomic E-state index is 0.455. The molecule has 0 amide bonds. The molecule has 3 aromatic carbocycles. The predicted molar refractivity (Wildman–Crippen MR) is 117 cm³/mol. The van der Waals surface area contributed by atoms with E-state index in [1.165, 1.54) is 0 Å². The number of rotatable bonds is 6. The van der Waals surface area contributed by atoms with Crippen molar-refractivity contribution in [2.45, 2.75) is 20.8 Å². The molecule has 0 aromatic heterocycles. The minimum atomic E-state index is -1.93. The van der Waals surface area contributed by atoms with Crippen molar-refractivity contribution in [3.8, 4) is 17.2 Å². The van der Waals surface area contributed by atoms with Crippen molar-refractivity contribution >= 4 is 43.4 Å². The van der Waals surface area contributed by atoms with Gasteiger partial charge in [0.05, 0.1) is 15.1 Å². The molecule has 0 N–H and O–H groups in total. The van der Waals surface area contributed by atoms with Crippen LogP contribution in [0, 0.1) is 20.8 Å². The molecule has 3 aromatic rings. The molecule has 0 aliphatic heterocycles. The van der Waals surface area contributed by atoms with Crippen molar-refractivity contribution in [1.82, 2.24) is 0 Å². The van der Waals surface area contributed by atoms with Crippen LogP contribution in [0.1, 0.15) is 16.7 Å². The Hall–Kier alpha value is -1.64. The Balaban J connectivity index is 1.94. The minimum Gasteiger partial charge on any atom is -0.407 e. The van der Waals surface area contributed by atoms with E-state index >= 15 is 0 Å². The molecule has 3 nitrogen and oxygen atoms in total. The molecular weight excluding hydrogens is 438 g/mol. The summed E-state index contributed by atoms with van der Waals surface area (Å²) >= 11 is 18.8. The molecular formula is C21H18Cl3O3P. The smallest absolute Gasteiger partial charge is 0.407 e. The topological polar surface area (TPSA) is 27.7 Å². The molecule has 0 radical (unpaired) electrons. The Bertz CT molecular complexity index is 867. The van der Waals surface area contributed by atoms with Crippen LogP contribution in [0.5, 0.6) is 17.2 Å². The van der Waals surface area contributed by atoms with Crippen molar-refractivity contribution in [3.63, 3.8) is 0 Å². The molecule has 0 heterocycles. The van der Waals surface area contributed by atoms with Crippen LogP contribution >= 0.6 is 43.4 Å². The number of aryl methyl sites for hydroxylation is 3. The lowest BCUT2D eigenvalue weighted by Crippen LogP contribution is -2.04. The Morgan fingerprint density at radius 3 is 1.11 bits per heavy atom. The zero-order valence-electron chi connectivity index (χ0n) is 15.5. The molecule has 0 unspecified atom stereocenters. The maximum atomic E-state index is 6.28. The Kier molecular flexibility index (Phi) is 6.95. The molecule has 146 valence electrons. The second-order valence-corrected chi connectivity index (χ2v) is 8.52. The molecule has 0 spiro atoms. The van der Waals surface area contributed by atoms with E-state index in [0.29, 0.717) is 32.3 Å². The molecule has 0 saturated heterocycles. The molecule has 0 saturated carbocycles. The van der Waals surface area contributed by atoms with Crippen LogP contribution in [-0.2, 0) is 0 Å². The summed E-state index contributed by atoms with van der Waals surface area (Å²) in [6.07, 6.45) is 0. The summed E-state index contributed by atoms with van der Waals surface area (Å²) in [4.78, 5) is 0. The van der Waals surface area contributed by atoms with Crippen LogP contribution < -0.4 is 13.6 Å². The first-order valence-electron chi connectivity index (χ1n) is 8.44. The van der Waals surface area contributed by atoms with E-state index in [2.05, 4.69) is 0 Å². The van der Waals surface area contributed by atoms with Gasteiger partial charge in [-0.3, -0.25) is 0 Å². The molecule has 0 fully saturated rings. The molecule has 3 rings (SSSR count). The summed E-state index contributed by atoms with van der Waals surface area (Å²) in [6.45, 7) is 5.84. The van der Waals surface area contributed by atoms with Crippen LogP contribution in [-0.4, -0.2) is 0 Å². The first-order chi connectivity index (χ1) is 13.3. The van der Waals surface area contributed by atoms with Gasteiger partial charge in [0, 0.05) is 0 Å². The van der Waals surface area contributed by atoms with E-state index in [1.54, 1.807) is 18.2 Å². The van der Waals surface area contributed by atoms with Crippen LogP contribution in [0.15, 0.2) is 54.6 Å². The lowest BCUT2D eigenvalue weighted by Gasteiger charge is -2.20. The highest BCUT2D eigenvalue weighted by Crippen LogP contribution is 2.47. The van der Waals surface area contributed by atoms with Gasteiger partial charge in [0.2, 0.25) is 0 Å². The summed E-state index contributed by atoms with van der Waals surface area (Å²) in [7, 11) is -1.93. The number of hydrogen-bond acceptors (Lipinski definition) is 3. The number of benzene rings is 3. The van der Waals surface area contributed by atoms with Gasteiger partial charge in [-0.25, -0.2) is 0 Å². The van der Waals surface area contributed by atoms with Gasteiger partial charge in [0.15, 0.2) is 0 Å². The van der Waals surface area contributed by atoms with Crippen molar-refractivity contribution in [2.75, 3.05) is 0 Å². The first-order valence-corrected chi connectivity index (χ1v) is 10.7. The van der Waals surface area contributed by atoms with Crippen LogP contribution in [0.4, 0.5) is 0 Å². The van der Waals surface area contributed by atoms with Gasteiger partial charge < -0.3 is 13.6 Å². The van der Waals surface area contributed by atoms with Crippen molar-refractivity contribution in [1.29, 1.82) is 0 Å². The van der Waals surface area contributed by atoms with Crippen molar-refractivity contribution < 1.29 is 13.6 Å². The third-order valence-corrected chi connectivity index (χ3v) is 5.75. The van der Waals surface area contributed by atoms with Crippen LogP contribution in [0.2, 0.25) is 15.1 Å². The molecule has 0 aliphatic rings. The summed E-state index contributed by atoms with van der Waals surface area (Å²) in [5.74, 6) is 1.38. The van der Waals surface area contributed by atoms with E-state index in [9.17, 15) is 0 Å². The third-order valence-electron chi connectivity index (χ3n) is 3.78. The zero-order chi connectivity index (χ0) is 20.3. The molecule has 0 atom stereocenters. The highest BCUT2D eigenvalue weighted by Gasteiger charge is 2.24. The summed E-state index contributed by atoms with van der Waals surface area (Å²) in [6, 6.07) is 16.4. The Morgan fingerprint density at radius 1 is 0.536 bits per heavy atom. The van der Waals surface area contributed by atoms with Gasteiger partial charge in [-0.05, 0) is 73.9 Å². The van der Waals surface area contributed by atoms with Gasteiger partial charge in [-0.1, -0.05) is 53.0 Å². The van der Waals surface area contributed by atoms with Gasteiger partial charge in [0.1, 0.15) is 17.2 Å². The molecule has 28 heavy (non-hydrogen) atoms. The average Bonchev–Trinajstić information content (AvgIpc) is 2.64. The normalized spacial score (nSPS) is 10.8. The molecule has 7 heteroatoms. The quantitative estimate of drug-likeness (QED) is 0.350. The number of halogens is 3. The van der Waals surface area contributed by atoms with Gasteiger partial charge >= 0.3 is 8.60 Å². The zero-order valence-corrected chi connectivity index (χ0v) is 18.7. The lowest BCUT2D eigenvalue weighted by molar-refractivity contribution is 0.388. The Morgan fingerprint density at radius 2 is 0.821 bits per heavy atom. The Labute approximate surface area is 181 Å². The van der Waals surface area contributed by atoms with Crippen molar-refractivity contribution in [3.05, 3.63) is 86.4 Å². The summed E-state index contributed by atoms with van der Waals surface area (Å²) in [5.41, 5.74) is 2.99. The fourth-order valence-electron chi connectivity index (χ4n) is 2.34. The van der Waals surface area contributed by atoms with Crippen LogP contribution in [0.3, 0.4) is 0 Å². The predicted octanol–water partition coefficient (Wildman–Crippen LogP) is 8.34. The fraction of sp³-hybridized carbons (Fsp3) is 0.143. The van der Waals surface area contributed by atoms with E-state index < -0.39 is 8.60 Å². The van der Waals surface area contributed by atoms with E-state index in [1.807, 2.05) is 57.2 Å². The first kappa shape index (κ1) is 21.1. The van der Waals surface area contributed by atoms with Crippen molar-refractivity contribution in [2.24, 2.45) is 0 Å². The number of hydrogen-bond donors (Lipinski definition) is 0. The summed E-state index contributed by atoms with van der Waals surface area (Å²) < 4.78 is 18.0. The third kappa shape index (κ3) is 5.46. The largest absolute Gasteiger partial charge is 0.530 e. The monoisotopic (exact) mass is 454 g/mol. The fourth-order valence-corrected chi connectivity index (χ4v) is 4.01. The second-order valence-electron chi connectivity index (χ2n) is 6.30. The highest BCUT2D eigenvalue weighted by molar-refractivity contribution is 7.43. The van der Waals surface area contributed by atoms with E-state index in [4.69, 9.17) is 48.4 Å². The standard InChI is InChI=1S/C21H18Cl3O3P/c1-13-4-7-16(22)19(10-13)25-28(26-20-11-14(2)5-8-17(20)23)27-21-12-15(3)6-9-18(21)24/h4-12H,1-3H3. The average molecular weight is 456 g/mol. The summed E-state index contributed by atoms with van der Waals surface area (Å²) in [5, 5.41) is 1.36.